The van der Waals surface area contributed by atoms with Crippen LogP contribution in [0.3, 0.4) is 0 Å². The summed E-state index contributed by atoms with van der Waals surface area (Å²) in [5.74, 6) is -1.10. The van der Waals surface area contributed by atoms with Gasteiger partial charge in [-0.15, -0.1) is 0 Å². The fourth-order valence-electron chi connectivity index (χ4n) is 5.03. The van der Waals surface area contributed by atoms with Crippen molar-refractivity contribution in [3.05, 3.63) is 77.0 Å². The van der Waals surface area contributed by atoms with E-state index in [1.54, 1.807) is 6.07 Å². The van der Waals surface area contributed by atoms with E-state index in [2.05, 4.69) is 20.0 Å². The Balaban J connectivity index is 1.56. The standard InChI is InChI=1S/C26H29ClF4N5O2S/c1-36(2,3)23-12-17(16-5-4-6-18(11-16)26(29,30)31)7-8-21(23)34-22-14-20(28)24(13-19(22)27)39(37,38)35-25-9-10-32-15-33-25/h4-6,9-11,13-15,17,21,23,34H,7-8,12H2,1-3H3,(H,32,33,35)/q+1/t17?,21-,23-/m0/s1. The van der Waals surface area contributed by atoms with Crippen LogP contribution in [-0.4, -0.2) is 56.1 Å². The van der Waals surface area contributed by atoms with Crippen LogP contribution in [0, 0.1) is 5.82 Å². The van der Waals surface area contributed by atoms with E-state index in [1.165, 1.54) is 24.4 Å². The van der Waals surface area contributed by atoms with Gasteiger partial charge in [-0.1, -0.05) is 29.8 Å². The van der Waals surface area contributed by atoms with E-state index < -0.39 is 32.5 Å². The number of nitrogens with zero attached hydrogens (tertiary/aromatic N) is 3. The van der Waals surface area contributed by atoms with E-state index >= 15 is 4.39 Å². The normalized spacial score (nSPS) is 20.5. The molecule has 1 saturated carbocycles. The highest BCUT2D eigenvalue weighted by Gasteiger charge is 2.40. The molecule has 2 aromatic carbocycles. The van der Waals surface area contributed by atoms with E-state index in [1.807, 2.05) is 21.1 Å². The summed E-state index contributed by atoms with van der Waals surface area (Å²) in [5, 5.41) is 3.29. The number of hydrogen-bond donors (Lipinski definition) is 2. The number of sulfonamides is 1. The van der Waals surface area contributed by atoms with Crippen molar-refractivity contribution in [3.63, 3.8) is 0 Å². The van der Waals surface area contributed by atoms with E-state index in [0.717, 1.165) is 24.5 Å². The molecule has 39 heavy (non-hydrogen) atoms. The SMILES string of the molecule is C[N+](C)(C)[C@H]1CC(c2cccc(C(F)(F)F)c2)CC[C@@H]1Nc1cc(F)c(S(=O)(=O)Nc2ccncn2)cc1Cl. The zero-order valence-electron chi connectivity index (χ0n) is 21.5. The van der Waals surface area contributed by atoms with Gasteiger partial charge in [0.1, 0.15) is 28.9 Å². The van der Waals surface area contributed by atoms with Crippen LogP contribution in [0.5, 0.6) is 0 Å². The van der Waals surface area contributed by atoms with Crippen molar-refractivity contribution in [2.24, 2.45) is 0 Å². The Morgan fingerprint density at radius 2 is 1.82 bits per heavy atom. The minimum absolute atomic E-state index is 0.0135. The lowest BCUT2D eigenvalue weighted by Crippen LogP contribution is -2.56. The van der Waals surface area contributed by atoms with Crippen LogP contribution in [-0.2, 0) is 16.2 Å². The van der Waals surface area contributed by atoms with Crippen molar-refractivity contribution >= 4 is 33.1 Å². The van der Waals surface area contributed by atoms with Crippen molar-refractivity contribution in [2.45, 2.75) is 48.3 Å². The minimum Gasteiger partial charge on any atom is -0.375 e. The third kappa shape index (κ3) is 6.79. The number of likely N-dealkylation sites (N-methyl/N-ethyl adjacent to an activating group) is 1. The van der Waals surface area contributed by atoms with Gasteiger partial charge in [-0.25, -0.2) is 22.8 Å². The Kier molecular flexibility index (Phi) is 8.11. The van der Waals surface area contributed by atoms with Crippen molar-refractivity contribution in [3.8, 4) is 0 Å². The highest BCUT2D eigenvalue weighted by Crippen LogP contribution is 2.40. The van der Waals surface area contributed by atoms with Crippen molar-refractivity contribution in [2.75, 3.05) is 31.2 Å². The summed E-state index contributed by atoms with van der Waals surface area (Å²) in [7, 11) is 1.66. The predicted molar refractivity (Wildman–Crippen MR) is 142 cm³/mol. The average molecular weight is 587 g/mol. The number of halogens is 5. The molecule has 7 nitrogen and oxygen atoms in total. The Bertz CT molecular complexity index is 1430. The number of rotatable bonds is 7. The minimum atomic E-state index is -4.42. The second-order valence-corrected chi connectivity index (χ2v) is 12.6. The van der Waals surface area contributed by atoms with Crippen LogP contribution in [0.1, 0.15) is 36.3 Å². The highest BCUT2D eigenvalue weighted by atomic mass is 35.5. The van der Waals surface area contributed by atoms with E-state index in [4.69, 9.17) is 11.6 Å². The first kappa shape index (κ1) is 29.0. The molecule has 0 bridgehead atoms. The number of nitrogens with one attached hydrogen (secondary N) is 2. The van der Waals surface area contributed by atoms with Gasteiger partial charge in [-0.2, -0.15) is 13.2 Å². The third-order valence-electron chi connectivity index (χ3n) is 6.97. The van der Waals surface area contributed by atoms with Gasteiger partial charge in [-0.05, 0) is 48.6 Å². The fourth-order valence-corrected chi connectivity index (χ4v) is 6.41. The van der Waals surface area contributed by atoms with Crippen LogP contribution < -0.4 is 10.0 Å². The lowest BCUT2D eigenvalue weighted by atomic mass is 9.77. The predicted octanol–water partition coefficient (Wildman–Crippen LogP) is 5.91. The first-order chi connectivity index (χ1) is 18.1. The topological polar surface area (TPSA) is 84.0 Å². The lowest BCUT2D eigenvalue weighted by molar-refractivity contribution is -0.898. The van der Waals surface area contributed by atoms with Crippen molar-refractivity contribution in [1.82, 2.24) is 9.97 Å². The summed E-state index contributed by atoms with van der Waals surface area (Å²) in [5.41, 5.74) is 0.196. The Morgan fingerprint density at radius 1 is 1.08 bits per heavy atom. The number of alkyl halides is 3. The zero-order valence-corrected chi connectivity index (χ0v) is 23.1. The molecule has 1 aliphatic rings. The Labute approximate surface area is 229 Å². The second-order valence-electron chi connectivity index (χ2n) is 10.5. The quantitative estimate of drug-likeness (QED) is 0.266. The summed E-state index contributed by atoms with van der Waals surface area (Å²) in [6.07, 6.45) is -0.122. The number of aromatic nitrogens is 2. The molecule has 13 heteroatoms. The van der Waals surface area contributed by atoms with Gasteiger partial charge in [-0.3, -0.25) is 4.72 Å². The molecule has 0 radical (unpaired) electrons. The maximum absolute atomic E-state index is 15.1. The Morgan fingerprint density at radius 3 is 2.46 bits per heavy atom. The van der Waals surface area contributed by atoms with Crippen LogP contribution in [0.2, 0.25) is 5.02 Å². The van der Waals surface area contributed by atoms with Crippen LogP contribution in [0.15, 0.2) is 59.9 Å². The molecule has 0 aliphatic heterocycles. The Hall–Kier alpha value is -2.96. The second kappa shape index (κ2) is 10.9. The van der Waals surface area contributed by atoms with Crippen molar-refractivity contribution in [1.29, 1.82) is 0 Å². The summed E-state index contributed by atoms with van der Waals surface area (Å²) >= 11 is 6.42. The van der Waals surface area contributed by atoms with Gasteiger partial charge in [0, 0.05) is 12.6 Å². The van der Waals surface area contributed by atoms with Crippen LogP contribution in [0.25, 0.3) is 0 Å². The largest absolute Gasteiger partial charge is 0.416 e. The zero-order chi connectivity index (χ0) is 28.6. The number of quaternary nitrogens is 1. The molecule has 210 valence electrons. The molecule has 4 rings (SSSR count). The molecule has 3 aromatic rings. The smallest absolute Gasteiger partial charge is 0.375 e. The molecular formula is C26H29ClF4N5O2S+. The average Bonchev–Trinajstić information content (AvgIpc) is 2.85. The van der Waals surface area contributed by atoms with Gasteiger partial charge >= 0.3 is 6.18 Å². The van der Waals surface area contributed by atoms with Gasteiger partial charge in [0.15, 0.2) is 0 Å². The van der Waals surface area contributed by atoms with Gasteiger partial charge < -0.3 is 9.80 Å². The molecule has 0 amide bonds. The van der Waals surface area contributed by atoms with Crippen LogP contribution in [0.4, 0.5) is 29.1 Å². The summed E-state index contributed by atoms with van der Waals surface area (Å²) in [4.78, 5) is 6.86. The first-order valence-electron chi connectivity index (χ1n) is 12.2. The summed E-state index contributed by atoms with van der Waals surface area (Å²) in [6, 6.07) is 8.60. The van der Waals surface area contributed by atoms with E-state index in [0.29, 0.717) is 29.3 Å². The maximum atomic E-state index is 15.1. The van der Waals surface area contributed by atoms with Gasteiger partial charge in [0.05, 0.1) is 43.5 Å². The van der Waals surface area contributed by atoms with Gasteiger partial charge in [0.25, 0.3) is 10.0 Å². The number of hydrogen-bond acceptors (Lipinski definition) is 5. The molecule has 3 atom stereocenters. The molecule has 1 aromatic heterocycles. The lowest BCUT2D eigenvalue weighted by Gasteiger charge is -2.45. The van der Waals surface area contributed by atoms with Crippen molar-refractivity contribution < 1.29 is 30.5 Å². The molecule has 1 fully saturated rings. The maximum Gasteiger partial charge on any atom is 0.416 e. The number of anilines is 2. The molecule has 1 unspecified atom stereocenters. The van der Waals surface area contributed by atoms with Gasteiger partial charge in [0.2, 0.25) is 0 Å². The highest BCUT2D eigenvalue weighted by molar-refractivity contribution is 7.92. The third-order valence-corrected chi connectivity index (χ3v) is 8.65. The van der Waals surface area contributed by atoms with E-state index in [-0.39, 0.29) is 34.5 Å². The first-order valence-corrected chi connectivity index (χ1v) is 14.0. The molecule has 0 saturated heterocycles. The summed E-state index contributed by atoms with van der Waals surface area (Å²) < 4.78 is 83.1. The monoisotopic (exact) mass is 586 g/mol. The summed E-state index contributed by atoms with van der Waals surface area (Å²) in [6.45, 7) is 0. The fraction of sp³-hybridized carbons (Fsp3) is 0.385. The van der Waals surface area contributed by atoms with E-state index in [9.17, 15) is 21.6 Å². The number of benzene rings is 2. The molecule has 1 heterocycles. The van der Waals surface area contributed by atoms with Crippen LogP contribution >= 0.6 is 11.6 Å². The molecule has 1 aliphatic carbocycles. The molecular weight excluding hydrogens is 558 g/mol. The molecule has 0 spiro atoms. The molecule has 2 N–H and O–H groups in total.